The lowest BCUT2D eigenvalue weighted by Gasteiger charge is -2.44. The molecule has 1 aromatic heterocycles. The molecule has 1 saturated heterocycles. The van der Waals surface area contributed by atoms with Crippen molar-refractivity contribution in [3.63, 3.8) is 0 Å². The van der Waals surface area contributed by atoms with E-state index in [9.17, 15) is 9.59 Å². The molecule has 4 rings (SSSR count). The summed E-state index contributed by atoms with van der Waals surface area (Å²) in [6.07, 6.45) is -0.0850. The number of ketones is 1. The number of Topliss-reactive ketones (excluding diaryl/α,β-unsaturated/α-hetero) is 1. The van der Waals surface area contributed by atoms with E-state index in [1.165, 1.54) is 20.1 Å². The van der Waals surface area contributed by atoms with Gasteiger partial charge in [-0.3, -0.25) is 19.3 Å². The van der Waals surface area contributed by atoms with Gasteiger partial charge in [0, 0.05) is 53.3 Å². The van der Waals surface area contributed by atoms with E-state index in [0.29, 0.717) is 16.8 Å². The van der Waals surface area contributed by atoms with Crippen molar-refractivity contribution < 1.29 is 27.2 Å². The smallest absolute Gasteiger partial charge is 0.193 e. The fourth-order valence-corrected chi connectivity index (χ4v) is 4.70. The minimum absolute atomic E-state index is 0.00723. The molecule has 1 fully saturated rings. The average molecular weight is 447 g/mol. The Balaban J connectivity index is 1.94. The van der Waals surface area contributed by atoms with E-state index in [1.54, 1.807) is 18.3 Å². The van der Waals surface area contributed by atoms with Gasteiger partial charge in [0.05, 0.1) is 41.5 Å². The Bertz CT molecular complexity index is 1340. The largest absolute Gasteiger partial charge is 0.493 e. The highest BCUT2D eigenvalue weighted by molar-refractivity contribution is 5.94. The summed E-state index contributed by atoms with van der Waals surface area (Å²) in [5, 5.41) is 2.09. The van der Waals surface area contributed by atoms with E-state index >= 15 is 0 Å². The standard InChI is InChI=1S/C25H32N2O5/c1-16(28)20-14-26-22(13-23(20)29)18-11-17(15-31-5)24(32-10-6-9-30-4)12-19(18)21-7-8-25(2,3)27(21)26/h11-14,21H,6-10,15H2,1-5H3/t21-/m1/s1/i6D2,9D2,10D2. The SMILES string of the molecule is [2H]C([2H])(OC)C([2H])([2H])C([2H])([2H])Oc1cc2c(cc1COC)-c1cc(=O)c(C(C)=O)cn1N1[C@@H]2CCC1(C)C. The maximum Gasteiger partial charge on any atom is 0.193 e. The summed E-state index contributed by atoms with van der Waals surface area (Å²) in [5.74, 6) is -0.340. The highest BCUT2D eigenvalue weighted by atomic mass is 16.5. The number of fused-ring (bicyclic) bond motifs is 6. The number of rotatable bonds is 8. The summed E-state index contributed by atoms with van der Waals surface area (Å²) in [7, 11) is 2.40. The number of carbonyl (C=O) groups excluding carboxylic acids is 1. The van der Waals surface area contributed by atoms with Gasteiger partial charge < -0.3 is 14.2 Å². The molecule has 32 heavy (non-hydrogen) atoms. The van der Waals surface area contributed by atoms with E-state index in [1.807, 2.05) is 4.68 Å². The van der Waals surface area contributed by atoms with Crippen LogP contribution in [0, 0.1) is 0 Å². The predicted molar refractivity (Wildman–Crippen MR) is 123 cm³/mol. The van der Waals surface area contributed by atoms with Gasteiger partial charge in [-0.2, -0.15) is 0 Å². The van der Waals surface area contributed by atoms with E-state index in [0.717, 1.165) is 25.5 Å². The molecule has 1 atom stereocenters. The Morgan fingerprint density at radius 1 is 1.22 bits per heavy atom. The Morgan fingerprint density at radius 3 is 2.69 bits per heavy atom. The van der Waals surface area contributed by atoms with E-state index in [-0.39, 0.29) is 35.3 Å². The van der Waals surface area contributed by atoms with Crippen molar-refractivity contribution >= 4 is 5.78 Å². The number of aromatic nitrogens is 1. The van der Waals surface area contributed by atoms with Crippen LogP contribution in [0.25, 0.3) is 11.3 Å². The molecule has 0 spiro atoms. The average Bonchev–Trinajstić information content (AvgIpc) is 3.14. The van der Waals surface area contributed by atoms with Crippen LogP contribution in [0.2, 0.25) is 0 Å². The molecule has 2 aromatic rings. The maximum absolute atomic E-state index is 12.9. The Hall–Kier alpha value is -2.64. The van der Waals surface area contributed by atoms with Crippen LogP contribution in [-0.2, 0) is 16.1 Å². The third-order valence-corrected chi connectivity index (χ3v) is 6.12. The summed E-state index contributed by atoms with van der Waals surface area (Å²) in [6, 6.07) is 4.54. The van der Waals surface area contributed by atoms with Crippen LogP contribution < -0.4 is 15.2 Å². The van der Waals surface area contributed by atoms with Gasteiger partial charge in [0.25, 0.3) is 0 Å². The summed E-state index contributed by atoms with van der Waals surface area (Å²) in [4.78, 5) is 25.0. The molecule has 0 radical (unpaired) electrons. The minimum atomic E-state index is -3.18. The number of hydrogen-bond donors (Lipinski definition) is 0. The molecule has 0 amide bonds. The molecule has 0 bridgehead atoms. The first-order valence-corrected chi connectivity index (χ1v) is 10.5. The van der Waals surface area contributed by atoms with Crippen LogP contribution in [0.3, 0.4) is 0 Å². The lowest BCUT2D eigenvalue weighted by molar-refractivity contribution is 0.101. The van der Waals surface area contributed by atoms with Crippen LogP contribution in [0.15, 0.2) is 29.2 Å². The van der Waals surface area contributed by atoms with Gasteiger partial charge in [-0.15, -0.1) is 0 Å². The van der Waals surface area contributed by atoms with Gasteiger partial charge in [-0.25, -0.2) is 0 Å². The third-order valence-electron chi connectivity index (χ3n) is 6.12. The first-order chi connectivity index (χ1) is 17.5. The molecule has 0 N–H and O–H groups in total. The predicted octanol–water partition coefficient (Wildman–Crippen LogP) is 3.84. The van der Waals surface area contributed by atoms with Gasteiger partial charge >= 0.3 is 0 Å². The molecule has 0 aliphatic carbocycles. The first kappa shape index (κ1) is 16.0. The van der Waals surface area contributed by atoms with Crippen molar-refractivity contribution in [1.29, 1.82) is 0 Å². The van der Waals surface area contributed by atoms with E-state index in [4.69, 9.17) is 17.7 Å². The quantitative estimate of drug-likeness (QED) is 0.574. The Kier molecular flexibility index (Phi) is 4.37. The number of hydrogen-bond acceptors (Lipinski definition) is 6. The van der Waals surface area contributed by atoms with Crippen molar-refractivity contribution in [2.75, 3.05) is 32.3 Å². The molecule has 2 aliphatic heterocycles. The molecule has 2 aliphatic rings. The van der Waals surface area contributed by atoms with Crippen molar-refractivity contribution in [3.05, 3.63) is 51.3 Å². The van der Waals surface area contributed by atoms with Crippen LogP contribution in [0.4, 0.5) is 0 Å². The van der Waals surface area contributed by atoms with E-state index < -0.39 is 24.9 Å². The second-order valence-electron chi connectivity index (χ2n) is 8.66. The van der Waals surface area contributed by atoms with Crippen LogP contribution in [0.5, 0.6) is 5.75 Å². The second kappa shape index (κ2) is 8.71. The van der Waals surface area contributed by atoms with Gasteiger partial charge in [0.2, 0.25) is 0 Å². The number of benzene rings is 1. The normalized spacial score (nSPS) is 22.3. The number of carbonyl (C=O) groups is 1. The van der Waals surface area contributed by atoms with Crippen molar-refractivity contribution in [2.24, 2.45) is 0 Å². The third kappa shape index (κ3) is 3.84. The van der Waals surface area contributed by atoms with Crippen molar-refractivity contribution in [3.8, 4) is 17.0 Å². The second-order valence-corrected chi connectivity index (χ2v) is 8.66. The number of ether oxygens (including phenoxy) is 3. The zero-order valence-corrected chi connectivity index (χ0v) is 18.9. The fraction of sp³-hybridized carbons (Fsp3) is 0.520. The van der Waals surface area contributed by atoms with Gasteiger partial charge in [-0.1, -0.05) is 0 Å². The number of pyridine rings is 1. The van der Waals surface area contributed by atoms with Gasteiger partial charge in [-0.05, 0) is 51.3 Å². The molecule has 0 unspecified atom stereocenters. The van der Waals surface area contributed by atoms with Crippen LogP contribution in [-0.4, -0.2) is 43.3 Å². The highest BCUT2D eigenvalue weighted by Crippen LogP contribution is 2.49. The molecule has 7 nitrogen and oxygen atoms in total. The molecule has 172 valence electrons. The first-order valence-electron chi connectivity index (χ1n) is 13.5. The lowest BCUT2D eigenvalue weighted by atomic mass is 9.92. The van der Waals surface area contributed by atoms with Gasteiger partial charge in [0.15, 0.2) is 11.2 Å². The van der Waals surface area contributed by atoms with Crippen molar-refractivity contribution in [1.82, 2.24) is 4.68 Å². The topological polar surface area (TPSA) is 70.0 Å². The minimum Gasteiger partial charge on any atom is -0.493 e. The summed E-state index contributed by atoms with van der Waals surface area (Å²) >= 11 is 0. The van der Waals surface area contributed by atoms with Crippen LogP contribution >= 0.6 is 0 Å². The number of methoxy groups -OCH3 is 2. The van der Waals surface area contributed by atoms with Gasteiger partial charge in [0.1, 0.15) is 5.75 Å². The summed E-state index contributed by atoms with van der Waals surface area (Å²) in [6.45, 7) is -0.654. The zero-order chi connectivity index (χ0) is 28.4. The maximum atomic E-state index is 12.9. The number of nitrogens with zero attached hydrogens (tertiary/aromatic N) is 2. The molecular weight excluding hydrogens is 408 g/mol. The Labute approximate surface area is 197 Å². The van der Waals surface area contributed by atoms with E-state index in [2.05, 4.69) is 23.6 Å². The molecular formula is C25H32N2O5. The zero-order valence-electron chi connectivity index (χ0n) is 24.9. The molecule has 3 heterocycles. The molecule has 0 saturated carbocycles. The molecule has 7 heteroatoms. The highest BCUT2D eigenvalue weighted by Gasteiger charge is 2.45. The monoisotopic (exact) mass is 446 g/mol. The summed E-state index contributed by atoms with van der Waals surface area (Å²) < 4.78 is 66.0. The van der Waals surface area contributed by atoms with Crippen molar-refractivity contribution in [2.45, 2.75) is 58.2 Å². The lowest BCUT2D eigenvalue weighted by Crippen LogP contribution is -2.50. The van der Waals surface area contributed by atoms with Crippen LogP contribution in [0.1, 0.15) is 75.7 Å². The Morgan fingerprint density at radius 2 is 2.00 bits per heavy atom. The summed E-state index contributed by atoms with van der Waals surface area (Å²) in [5.41, 5.74) is 1.69. The molecule has 1 aromatic carbocycles. The fourth-order valence-electron chi connectivity index (χ4n) is 4.70.